The molecule has 0 aliphatic carbocycles. The Morgan fingerprint density at radius 3 is 2.66 bits per heavy atom. The van der Waals surface area contributed by atoms with Crippen LogP contribution in [0.4, 0.5) is 11.5 Å². The van der Waals surface area contributed by atoms with Crippen LogP contribution in [0.2, 0.25) is 0 Å². The fraction of sp³-hybridized carbons (Fsp3) is 0.310. The summed E-state index contributed by atoms with van der Waals surface area (Å²) in [6, 6.07) is 16.9. The van der Waals surface area contributed by atoms with Crippen molar-refractivity contribution in [2.75, 3.05) is 12.4 Å². The van der Waals surface area contributed by atoms with Crippen molar-refractivity contribution >= 4 is 28.1 Å². The molecule has 2 aromatic carbocycles. The third-order valence-electron chi connectivity index (χ3n) is 7.68. The third-order valence-corrected chi connectivity index (χ3v) is 7.68. The Bertz CT molecular complexity index is 1640. The van der Waals surface area contributed by atoms with Gasteiger partial charge in [0.2, 0.25) is 0 Å². The number of hydrogen-bond acceptors (Lipinski definition) is 8. The molecule has 2 fully saturated rings. The lowest BCUT2D eigenvalue weighted by atomic mass is 9.91. The normalized spacial score (nSPS) is 20.6. The molecule has 0 amide bonds. The summed E-state index contributed by atoms with van der Waals surface area (Å²) in [5.41, 5.74) is 3.58. The van der Waals surface area contributed by atoms with Crippen LogP contribution in [-0.2, 0) is 0 Å². The van der Waals surface area contributed by atoms with E-state index >= 15 is 0 Å². The summed E-state index contributed by atoms with van der Waals surface area (Å²) in [5, 5.41) is 12.4. The van der Waals surface area contributed by atoms with E-state index in [2.05, 4.69) is 26.8 Å². The number of aromatic nitrogens is 5. The predicted octanol–water partition coefficient (Wildman–Crippen LogP) is 5.52. The second kappa shape index (κ2) is 9.25. The topological polar surface area (TPSA) is 98.5 Å². The minimum atomic E-state index is 0.352. The van der Waals surface area contributed by atoms with Crippen molar-refractivity contribution in [2.24, 2.45) is 0 Å². The number of methoxy groups -OCH3 is 1. The monoisotopic (exact) mass is 507 g/mol. The molecule has 2 aliphatic heterocycles. The van der Waals surface area contributed by atoms with Gasteiger partial charge in [0.1, 0.15) is 35.2 Å². The van der Waals surface area contributed by atoms with Gasteiger partial charge >= 0.3 is 0 Å². The van der Waals surface area contributed by atoms with Crippen LogP contribution in [-0.4, -0.2) is 43.8 Å². The molecule has 0 saturated carbocycles. The van der Waals surface area contributed by atoms with Crippen molar-refractivity contribution in [3.05, 3.63) is 72.4 Å². The summed E-state index contributed by atoms with van der Waals surface area (Å²) >= 11 is 0. The predicted molar refractivity (Wildman–Crippen MR) is 146 cm³/mol. The van der Waals surface area contributed by atoms with E-state index in [-0.39, 0.29) is 0 Å². The Balaban J connectivity index is 1.19. The highest BCUT2D eigenvalue weighted by molar-refractivity contribution is 5.91. The van der Waals surface area contributed by atoms with Gasteiger partial charge in [0.25, 0.3) is 0 Å². The van der Waals surface area contributed by atoms with E-state index in [0.29, 0.717) is 23.8 Å². The first kappa shape index (κ1) is 22.9. The largest absolute Gasteiger partial charge is 0.497 e. The molecule has 2 saturated heterocycles. The Morgan fingerprint density at radius 2 is 1.84 bits per heavy atom. The van der Waals surface area contributed by atoms with Gasteiger partial charge in [-0.15, -0.1) is 0 Å². The summed E-state index contributed by atoms with van der Waals surface area (Å²) in [6.07, 6.45) is 8.01. The molecular formula is C29H29N7O2. The smallest absolute Gasteiger partial charge is 0.158 e. The molecule has 9 heteroatoms. The maximum atomic E-state index is 6.16. The van der Waals surface area contributed by atoms with Crippen molar-refractivity contribution in [2.45, 2.75) is 50.6 Å². The first-order chi connectivity index (χ1) is 18.6. The third kappa shape index (κ3) is 4.28. The summed E-state index contributed by atoms with van der Waals surface area (Å²) in [4.78, 5) is 14.3. The number of piperidine rings is 1. The molecule has 192 valence electrons. The van der Waals surface area contributed by atoms with Crippen LogP contribution in [0.1, 0.15) is 43.0 Å². The Kier molecular flexibility index (Phi) is 5.58. The molecule has 5 aromatic rings. The van der Waals surface area contributed by atoms with Crippen LogP contribution in [0.25, 0.3) is 16.6 Å². The van der Waals surface area contributed by atoms with Crippen LogP contribution >= 0.6 is 0 Å². The lowest BCUT2D eigenvalue weighted by molar-refractivity contribution is 0.354. The van der Waals surface area contributed by atoms with Crippen molar-refractivity contribution in [1.29, 1.82) is 0 Å². The highest BCUT2D eigenvalue weighted by Gasteiger charge is 2.35. The molecule has 0 spiro atoms. The Hall–Kier alpha value is -4.24. The van der Waals surface area contributed by atoms with E-state index in [4.69, 9.17) is 19.4 Å². The highest BCUT2D eigenvalue weighted by Crippen LogP contribution is 2.38. The molecule has 0 radical (unpaired) electrons. The molecule has 38 heavy (non-hydrogen) atoms. The second-order valence-electron chi connectivity index (χ2n) is 10.3. The number of rotatable bonds is 6. The van der Waals surface area contributed by atoms with E-state index in [9.17, 15) is 0 Å². The van der Waals surface area contributed by atoms with Crippen molar-refractivity contribution in [3.8, 4) is 17.2 Å². The number of ether oxygens (including phenoxy) is 2. The van der Waals surface area contributed by atoms with Crippen LogP contribution in [0.3, 0.4) is 0 Å². The summed E-state index contributed by atoms with van der Waals surface area (Å²) in [6.45, 7) is 2.04. The van der Waals surface area contributed by atoms with E-state index in [0.717, 1.165) is 63.8 Å². The SMILES string of the molecule is COc1ccc2c(Nc3ccc(Oc4ccn5ncnc5c4)c(C)c3)nc(C3CC4CCC(C3)N4)nc2c1. The highest BCUT2D eigenvalue weighted by atomic mass is 16.5. The minimum absolute atomic E-state index is 0.352. The molecule has 2 bridgehead atoms. The maximum Gasteiger partial charge on any atom is 0.158 e. The molecule has 2 aliphatic rings. The van der Waals surface area contributed by atoms with E-state index in [1.165, 1.54) is 19.2 Å². The van der Waals surface area contributed by atoms with Crippen molar-refractivity contribution in [3.63, 3.8) is 0 Å². The molecule has 2 unspecified atom stereocenters. The summed E-state index contributed by atoms with van der Waals surface area (Å²) in [5.74, 6) is 4.36. The standard InChI is InChI=1S/C29H29N7O2/c1-17-11-19(5-8-26(17)38-23-9-10-36-27(15-23)30-16-31-36)33-29-24-7-6-22(37-2)14-25(24)34-28(35-29)18-12-20-3-4-21(13-18)32-20/h5-11,14-16,18,20-21,32H,3-4,12-13H2,1-2H3,(H,33,34,35). The average molecular weight is 508 g/mol. The van der Waals surface area contributed by atoms with Gasteiger partial charge in [0, 0.05) is 47.4 Å². The zero-order valence-corrected chi connectivity index (χ0v) is 21.4. The number of nitrogens with zero attached hydrogens (tertiary/aromatic N) is 5. The van der Waals surface area contributed by atoms with Gasteiger partial charge in [-0.3, -0.25) is 0 Å². The zero-order valence-electron chi connectivity index (χ0n) is 21.4. The molecule has 2 N–H and O–H groups in total. The van der Waals surface area contributed by atoms with Crippen LogP contribution < -0.4 is 20.1 Å². The molecule has 9 nitrogen and oxygen atoms in total. The Morgan fingerprint density at radius 1 is 0.974 bits per heavy atom. The molecule has 5 heterocycles. The van der Waals surface area contributed by atoms with Crippen LogP contribution in [0.5, 0.6) is 17.2 Å². The summed E-state index contributed by atoms with van der Waals surface area (Å²) < 4.78 is 13.4. The summed E-state index contributed by atoms with van der Waals surface area (Å²) in [7, 11) is 1.68. The lowest BCUT2D eigenvalue weighted by Gasteiger charge is -2.28. The number of anilines is 2. The van der Waals surface area contributed by atoms with Gasteiger partial charge in [-0.05, 0) is 74.6 Å². The van der Waals surface area contributed by atoms with Gasteiger partial charge in [-0.25, -0.2) is 19.5 Å². The number of nitrogens with one attached hydrogen (secondary N) is 2. The number of hydrogen-bond donors (Lipinski definition) is 2. The van der Waals surface area contributed by atoms with Gasteiger partial charge in [0.15, 0.2) is 5.65 Å². The number of aryl methyl sites for hydroxylation is 1. The molecule has 3 aromatic heterocycles. The molecule has 2 atom stereocenters. The van der Waals surface area contributed by atoms with Crippen molar-refractivity contribution < 1.29 is 9.47 Å². The molecular weight excluding hydrogens is 478 g/mol. The number of pyridine rings is 1. The van der Waals surface area contributed by atoms with Crippen LogP contribution in [0.15, 0.2) is 61.1 Å². The zero-order chi connectivity index (χ0) is 25.6. The van der Waals surface area contributed by atoms with Crippen LogP contribution in [0, 0.1) is 6.92 Å². The maximum absolute atomic E-state index is 6.16. The quantitative estimate of drug-likeness (QED) is 0.310. The number of benzene rings is 2. The Labute approximate surface area is 220 Å². The van der Waals surface area contributed by atoms with Gasteiger partial charge in [0.05, 0.1) is 12.6 Å². The van der Waals surface area contributed by atoms with Gasteiger partial charge < -0.3 is 20.1 Å². The number of fused-ring (bicyclic) bond motifs is 4. The van der Waals surface area contributed by atoms with E-state index < -0.39 is 0 Å². The lowest BCUT2D eigenvalue weighted by Crippen LogP contribution is -2.37. The first-order valence-corrected chi connectivity index (χ1v) is 13.1. The fourth-order valence-electron chi connectivity index (χ4n) is 5.77. The average Bonchev–Trinajstić information content (AvgIpc) is 3.54. The molecule has 7 rings (SSSR count). The van der Waals surface area contributed by atoms with E-state index in [1.54, 1.807) is 11.6 Å². The van der Waals surface area contributed by atoms with E-state index in [1.807, 2.05) is 55.6 Å². The van der Waals surface area contributed by atoms with Gasteiger partial charge in [-0.2, -0.15) is 5.10 Å². The van der Waals surface area contributed by atoms with Gasteiger partial charge in [-0.1, -0.05) is 0 Å². The minimum Gasteiger partial charge on any atom is -0.497 e. The fourth-order valence-corrected chi connectivity index (χ4v) is 5.77. The first-order valence-electron chi connectivity index (χ1n) is 13.1. The second-order valence-corrected chi connectivity index (χ2v) is 10.3. The van der Waals surface area contributed by atoms with Crippen molar-refractivity contribution in [1.82, 2.24) is 29.9 Å².